The fourth-order valence-electron chi connectivity index (χ4n) is 5.51. The number of nitrogens with zero attached hydrogens (tertiary/aromatic N) is 3. The number of alkyl halides is 3. The monoisotopic (exact) mass is 489 g/mol. The van der Waals surface area contributed by atoms with Gasteiger partial charge in [-0.25, -0.2) is 4.79 Å². The summed E-state index contributed by atoms with van der Waals surface area (Å²) in [5.41, 5.74) is 0.176. The van der Waals surface area contributed by atoms with E-state index in [4.69, 9.17) is 0 Å². The van der Waals surface area contributed by atoms with Gasteiger partial charge in [0.05, 0.1) is 23.5 Å². The number of hydrogen-bond donors (Lipinski definition) is 2. The van der Waals surface area contributed by atoms with E-state index >= 15 is 0 Å². The van der Waals surface area contributed by atoms with Gasteiger partial charge in [0, 0.05) is 12.1 Å². The van der Waals surface area contributed by atoms with Gasteiger partial charge in [0.2, 0.25) is 5.91 Å². The zero-order valence-electron chi connectivity index (χ0n) is 19.0. The summed E-state index contributed by atoms with van der Waals surface area (Å²) in [6, 6.07) is 3.89. The largest absolute Gasteiger partial charge is 0.416 e. The number of likely N-dealkylation sites (tertiary alicyclic amines) is 1. The number of aromatic nitrogens is 2. The lowest BCUT2D eigenvalue weighted by atomic mass is 9.94. The van der Waals surface area contributed by atoms with Crippen LogP contribution in [0.1, 0.15) is 62.2 Å². The molecule has 0 radical (unpaired) electrons. The molecule has 1 atom stereocenters. The third kappa shape index (κ3) is 4.17. The van der Waals surface area contributed by atoms with Crippen LogP contribution >= 0.6 is 0 Å². The van der Waals surface area contributed by atoms with Crippen molar-refractivity contribution in [3.63, 3.8) is 0 Å². The van der Waals surface area contributed by atoms with Crippen molar-refractivity contribution in [3.05, 3.63) is 41.7 Å². The van der Waals surface area contributed by atoms with Gasteiger partial charge in [0.1, 0.15) is 12.1 Å². The molecule has 0 bridgehead atoms. The highest BCUT2D eigenvalue weighted by Crippen LogP contribution is 2.38. The Morgan fingerprint density at radius 1 is 1.09 bits per heavy atom. The van der Waals surface area contributed by atoms with Gasteiger partial charge < -0.3 is 10.2 Å². The maximum Gasteiger partial charge on any atom is 0.416 e. The molecule has 5 rings (SSSR count). The maximum absolute atomic E-state index is 13.3. The van der Waals surface area contributed by atoms with E-state index in [1.54, 1.807) is 4.90 Å². The minimum Gasteiger partial charge on any atom is -0.333 e. The molecule has 2 aromatic rings. The molecule has 3 heterocycles. The third-order valence-corrected chi connectivity index (χ3v) is 7.34. The number of imide groups is 1. The van der Waals surface area contributed by atoms with Gasteiger partial charge in [0.15, 0.2) is 0 Å². The van der Waals surface area contributed by atoms with E-state index in [-0.39, 0.29) is 18.4 Å². The number of piperidine rings is 1. The van der Waals surface area contributed by atoms with Crippen LogP contribution in [0.25, 0.3) is 11.1 Å². The molecule has 11 heteroatoms. The van der Waals surface area contributed by atoms with Crippen molar-refractivity contribution in [2.75, 3.05) is 13.1 Å². The average molecular weight is 489 g/mol. The molecule has 8 nitrogen and oxygen atoms in total. The van der Waals surface area contributed by atoms with Crippen LogP contribution in [0.15, 0.2) is 30.5 Å². The molecule has 1 saturated carbocycles. The van der Waals surface area contributed by atoms with E-state index in [1.807, 2.05) is 0 Å². The fourth-order valence-corrected chi connectivity index (χ4v) is 5.51. The van der Waals surface area contributed by atoms with Gasteiger partial charge in [-0.2, -0.15) is 18.3 Å². The Balaban J connectivity index is 1.37. The van der Waals surface area contributed by atoms with Gasteiger partial charge in [0.25, 0.3) is 5.91 Å². The van der Waals surface area contributed by atoms with E-state index in [0.29, 0.717) is 42.6 Å². The summed E-state index contributed by atoms with van der Waals surface area (Å²) in [7, 11) is 0. The van der Waals surface area contributed by atoms with Crippen LogP contribution in [0.2, 0.25) is 0 Å². The molecular formula is C24H26F3N5O3. The van der Waals surface area contributed by atoms with E-state index in [9.17, 15) is 27.6 Å². The second kappa shape index (κ2) is 8.69. The van der Waals surface area contributed by atoms with E-state index in [0.717, 1.165) is 42.7 Å². The highest BCUT2D eigenvalue weighted by atomic mass is 19.4. The van der Waals surface area contributed by atoms with E-state index in [1.165, 1.54) is 18.3 Å². The number of hydrogen-bond acceptors (Lipinski definition) is 4. The second-order valence-electron chi connectivity index (χ2n) is 9.48. The normalized spacial score (nSPS) is 22.2. The van der Waals surface area contributed by atoms with Crippen molar-refractivity contribution in [2.45, 2.75) is 62.7 Å². The molecule has 35 heavy (non-hydrogen) atoms. The molecule has 1 aromatic carbocycles. The Bertz CT molecular complexity index is 1140. The Hall–Kier alpha value is -3.37. The Morgan fingerprint density at radius 2 is 1.80 bits per heavy atom. The number of amides is 4. The molecule has 186 valence electrons. The molecular weight excluding hydrogens is 463 g/mol. The smallest absolute Gasteiger partial charge is 0.333 e. The van der Waals surface area contributed by atoms with Crippen molar-refractivity contribution in [1.82, 2.24) is 25.3 Å². The number of halogens is 3. The lowest BCUT2D eigenvalue weighted by Crippen LogP contribution is -2.47. The zero-order chi connectivity index (χ0) is 24.8. The first-order valence-electron chi connectivity index (χ1n) is 11.8. The molecule has 0 unspecified atom stereocenters. The number of aromatic amines is 1. The van der Waals surface area contributed by atoms with Crippen molar-refractivity contribution in [1.29, 1.82) is 0 Å². The standard InChI is InChI=1S/C24H26F3N5O3/c25-24(26,27)16-8-6-15(7-9-16)17-13-28-30-20(17)18-5-1-4-12-31(18)19(33)14-32-21(34)23(29-22(32)35)10-2-3-11-23/h6-9,13,18H,1-5,10-12,14H2,(H,28,30)(H,29,35)/t18-/m1/s1. The van der Waals surface area contributed by atoms with E-state index in [2.05, 4.69) is 15.5 Å². The SMILES string of the molecule is O=C1NC2(CCCC2)C(=O)N1CC(=O)N1CCCC[C@@H]1c1[nH]ncc1-c1ccc(C(F)(F)F)cc1. The number of benzene rings is 1. The molecule has 1 spiro atoms. The summed E-state index contributed by atoms with van der Waals surface area (Å²) in [5, 5.41) is 9.82. The molecule has 1 aliphatic carbocycles. The fraction of sp³-hybridized carbons (Fsp3) is 0.500. The summed E-state index contributed by atoms with van der Waals surface area (Å²) in [6.07, 6.45) is 2.24. The molecule has 3 aliphatic rings. The molecule has 3 fully saturated rings. The maximum atomic E-state index is 13.3. The first kappa shape index (κ1) is 23.4. The Kier molecular flexibility index (Phi) is 5.80. The van der Waals surface area contributed by atoms with Crippen LogP contribution < -0.4 is 5.32 Å². The van der Waals surface area contributed by atoms with Crippen molar-refractivity contribution in [2.24, 2.45) is 0 Å². The van der Waals surface area contributed by atoms with Crippen LogP contribution in [-0.2, 0) is 15.8 Å². The number of rotatable bonds is 4. The van der Waals surface area contributed by atoms with Crippen LogP contribution in [0.3, 0.4) is 0 Å². The predicted molar refractivity (Wildman–Crippen MR) is 119 cm³/mol. The Morgan fingerprint density at radius 3 is 2.49 bits per heavy atom. The van der Waals surface area contributed by atoms with Gasteiger partial charge in [-0.05, 0) is 49.8 Å². The van der Waals surface area contributed by atoms with Crippen molar-refractivity contribution in [3.8, 4) is 11.1 Å². The van der Waals surface area contributed by atoms with Crippen LogP contribution in [0.5, 0.6) is 0 Å². The summed E-state index contributed by atoms with van der Waals surface area (Å²) in [5.74, 6) is -0.685. The second-order valence-corrected chi connectivity index (χ2v) is 9.48. The topological polar surface area (TPSA) is 98.4 Å². The Labute approximate surface area is 199 Å². The number of carbonyl (C=O) groups is 3. The summed E-state index contributed by atoms with van der Waals surface area (Å²) < 4.78 is 38.9. The van der Waals surface area contributed by atoms with Gasteiger partial charge in [-0.3, -0.25) is 19.6 Å². The van der Waals surface area contributed by atoms with Crippen molar-refractivity contribution < 1.29 is 27.6 Å². The zero-order valence-corrected chi connectivity index (χ0v) is 19.0. The highest BCUT2D eigenvalue weighted by Gasteiger charge is 2.53. The molecule has 2 aliphatic heterocycles. The molecule has 2 N–H and O–H groups in total. The first-order valence-corrected chi connectivity index (χ1v) is 11.8. The van der Waals surface area contributed by atoms with E-state index < -0.39 is 29.4 Å². The van der Waals surface area contributed by atoms with Crippen LogP contribution in [-0.4, -0.2) is 56.5 Å². The summed E-state index contributed by atoms with van der Waals surface area (Å²) in [6.45, 7) is 0.108. The minimum absolute atomic E-state index is 0.339. The van der Waals surface area contributed by atoms with Gasteiger partial charge >= 0.3 is 12.2 Å². The predicted octanol–water partition coefficient (Wildman–Crippen LogP) is 4.01. The number of carbonyl (C=O) groups excluding carboxylic acids is 3. The average Bonchev–Trinajstić information content (AvgIpc) is 3.56. The number of H-pyrrole nitrogens is 1. The molecule has 2 saturated heterocycles. The highest BCUT2D eigenvalue weighted by molar-refractivity contribution is 6.09. The first-order chi connectivity index (χ1) is 16.7. The molecule has 1 aromatic heterocycles. The van der Waals surface area contributed by atoms with Crippen LogP contribution in [0.4, 0.5) is 18.0 Å². The number of nitrogens with one attached hydrogen (secondary N) is 2. The summed E-state index contributed by atoms with van der Waals surface area (Å²) >= 11 is 0. The number of urea groups is 1. The lowest BCUT2D eigenvalue weighted by Gasteiger charge is -2.36. The quantitative estimate of drug-likeness (QED) is 0.634. The lowest BCUT2D eigenvalue weighted by molar-refractivity contribution is -0.141. The van der Waals surface area contributed by atoms with Crippen LogP contribution in [0, 0.1) is 0 Å². The third-order valence-electron chi connectivity index (χ3n) is 7.34. The van der Waals surface area contributed by atoms with Gasteiger partial charge in [-0.15, -0.1) is 0 Å². The molecule has 4 amide bonds. The minimum atomic E-state index is -4.43. The van der Waals surface area contributed by atoms with Crippen molar-refractivity contribution >= 4 is 17.8 Å². The van der Waals surface area contributed by atoms with Gasteiger partial charge in [-0.1, -0.05) is 25.0 Å². The summed E-state index contributed by atoms with van der Waals surface area (Å²) in [4.78, 5) is 41.5.